The van der Waals surface area contributed by atoms with E-state index < -0.39 is 11.4 Å². The first kappa shape index (κ1) is 14.9. The van der Waals surface area contributed by atoms with Crippen molar-refractivity contribution in [3.05, 3.63) is 0 Å². The minimum atomic E-state index is -0.589. The zero-order valence-electron chi connectivity index (χ0n) is 12.7. The summed E-state index contributed by atoms with van der Waals surface area (Å²) in [4.78, 5) is 11.7. The molecule has 2 aliphatic carbocycles. The third-order valence-electron chi connectivity index (χ3n) is 5.70. The zero-order chi connectivity index (χ0) is 13.9. The smallest absolute Gasteiger partial charge is 0.309 e. The van der Waals surface area contributed by atoms with Crippen LogP contribution in [0.15, 0.2) is 0 Å². The van der Waals surface area contributed by atoms with Crippen molar-refractivity contribution in [1.29, 1.82) is 0 Å². The minimum Gasteiger partial charge on any atom is -0.481 e. The number of carboxylic acids is 1. The summed E-state index contributed by atoms with van der Waals surface area (Å²) in [6.07, 6.45) is 13.0. The van der Waals surface area contributed by atoms with Crippen LogP contribution < -0.4 is 0 Å². The molecule has 0 aromatic rings. The van der Waals surface area contributed by atoms with E-state index in [4.69, 9.17) is 0 Å². The molecule has 2 heteroatoms. The molecule has 2 saturated carbocycles. The van der Waals surface area contributed by atoms with Gasteiger partial charge in [-0.15, -0.1) is 0 Å². The summed E-state index contributed by atoms with van der Waals surface area (Å²) in [7, 11) is 0. The predicted molar refractivity (Wildman–Crippen MR) is 78.1 cm³/mol. The Morgan fingerprint density at radius 3 is 1.58 bits per heavy atom. The zero-order valence-corrected chi connectivity index (χ0v) is 12.7. The van der Waals surface area contributed by atoms with Gasteiger partial charge in [0.05, 0.1) is 5.41 Å². The second-order valence-electron chi connectivity index (χ2n) is 7.35. The highest BCUT2D eigenvalue weighted by atomic mass is 16.4. The third kappa shape index (κ3) is 3.32. The molecule has 0 bridgehead atoms. The molecule has 0 unspecified atom stereocenters. The minimum absolute atomic E-state index is 0.394. The van der Waals surface area contributed by atoms with Crippen LogP contribution in [-0.2, 0) is 4.79 Å². The van der Waals surface area contributed by atoms with Crippen LogP contribution in [0.4, 0.5) is 0 Å². The lowest BCUT2D eigenvalue weighted by Crippen LogP contribution is -2.43. The number of hydrogen-bond donors (Lipinski definition) is 1. The van der Waals surface area contributed by atoms with Crippen LogP contribution in [0.3, 0.4) is 0 Å². The Bertz CT molecular complexity index is 278. The third-order valence-corrected chi connectivity index (χ3v) is 5.70. The first-order chi connectivity index (χ1) is 9.03. The summed E-state index contributed by atoms with van der Waals surface area (Å²) in [5, 5.41) is 9.67. The lowest BCUT2D eigenvalue weighted by Gasteiger charge is -2.44. The van der Waals surface area contributed by atoms with Crippen molar-refractivity contribution in [3.8, 4) is 0 Å². The maximum atomic E-state index is 11.7. The van der Waals surface area contributed by atoms with Crippen LogP contribution in [-0.4, -0.2) is 11.1 Å². The summed E-state index contributed by atoms with van der Waals surface area (Å²) in [5.74, 6) is 1.12. The van der Waals surface area contributed by atoms with Gasteiger partial charge in [-0.3, -0.25) is 4.79 Å². The van der Waals surface area contributed by atoms with E-state index in [1.54, 1.807) is 0 Å². The highest BCUT2D eigenvalue weighted by Gasteiger charge is 2.45. The molecule has 19 heavy (non-hydrogen) atoms. The Hall–Kier alpha value is -0.530. The summed E-state index contributed by atoms with van der Waals surface area (Å²) in [5.41, 5.74) is -0.552. The van der Waals surface area contributed by atoms with E-state index in [0.29, 0.717) is 17.8 Å². The Labute approximate surface area is 118 Å². The van der Waals surface area contributed by atoms with Crippen molar-refractivity contribution < 1.29 is 9.90 Å². The van der Waals surface area contributed by atoms with Crippen molar-refractivity contribution >= 4 is 5.97 Å². The highest BCUT2D eigenvalue weighted by Crippen LogP contribution is 2.48. The fourth-order valence-corrected chi connectivity index (χ4v) is 4.69. The van der Waals surface area contributed by atoms with Gasteiger partial charge in [0.1, 0.15) is 0 Å². The van der Waals surface area contributed by atoms with Gasteiger partial charge >= 0.3 is 5.97 Å². The monoisotopic (exact) mass is 266 g/mol. The van der Waals surface area contributed by atoms with Crippen LogP contribution in [0.2, 0.25) is 0 Å². The van der Waals surface area contributed by atoms with Crippen molar-refractivity contribution in [2.75, 3.05) is 0 Å². The molecule has 0 aliphatic heterocycles. The van der Waals surface area contributed by atoms with Gasteiger partial charge in [0.25, 0.3) is 0 Å². The fraction of sp³-hybridized carbons (Fsp3) is 0.941. The normalized spacial score (nSPS) is 23.7. The van der Waals surface area contributed by atoms with Gasteiger partial charge in [-0.05, 0) is 31.6 Å². The summed E-state index contributed by atoms with van der Waals surface area (Å²) in [6, 6.07) is 0. The molecule has 0 aromatic carbocycles. The molecule has 2 rings (SSSR count). The predicted octanol–water partition coefficient (Wildman–Crippen LogP) is 4.87. The van der Waals surface area contributed by atoms with Crippen LogP contribution in [0.1, 0.15) is 78.1 Å². The molecule has 0 amide bonds. The van der Waals surface area contributed by atoms with E-state index in [0.717, 1.165) is 0 Å². The summed E-state index contributed by atoms with van der Waals surface area (Å²) >= 11 is 0. The number of hydrogen-bond acceptors (Lipinski definition) is 1. The summed E-state index contributed by atoms with van der Waals surface area (Å²) in [6.45, 7) is 3.95. The van der Waals surface area contributed by atoms with E-state index in [2.05, 4.69) is 0 Å². The lowest BCUT2D eigenvalue weighted by atomic mass is 9.59. The molecule has 2 aliphatic rings. The topological polar surface area (TPSA) is 37.3 Å². The maximum Gasteiger partial charge on any atom is 0.309 e. The molecule has 110 valence electrons. The van der Waals surface area contributed by atoms with Crippen molar-refractivity contribution in [1.82, 2.24) is 0 Å². The van der Waals surface area contributed by atoms with E-state index in [1.807, 2.05) is 13.8 Å². The van der Waals surface area contributed by atoms with Gasteiger partial charge < -0.3 is 5.11 Å². The molecule has 0 atom stereocenters. The van der Waals surface area contributed by atoms with Gasteiger partial charge in [-0.25, -0.2) is 0 Å². The molecular formula is C17H30O2. The lowest BCUT2D eigenvalue weighted by molar-refractivity contribution is -0.154. The van der Waals surface area contributed by atoms with E-state index >= 15 is 0 Å². The van der Waals surface area contributed by atoms with Gasteiger partial charge in [0.2, 0.25) is 0 Å². The van der Waals surface area contributed by atoms with E-state index in [1.165, 1.54) is 64.2 Å². The first-order valence-corrected chi connectivity index (χ1v) is 8.27. The fourth-order valence-electron chi connectivity index (χ4n) is 4.69. The maximum absolute atomic E-state index is 11.7. The standard InChI is InChI=1S/C17H30O2/c1-17(2,16(18)19)15(13-9-5-3-6-10-13)14-11-7-4-8-12-14/h13-15H,3-12H2,1-2H3,(H,18,19). The SMILES string of the molecule is CC(C)(C(=O)O)C(C1CCCCC1)C1CCCCC1. The average Bonchev–Trinajstić information content (AvgIpc) is 2.41. The van der Waals surface area contributed by atoms with Gasteiger partial charge in [-0.1, -0.05) is 64.2 Å². The number of rotatable bonds is 4. The van der Waals surface area contributed by atoms with E-state index in [9.17, 15) is 9.90 Å². The number of aliphatic carboxylic acids is 1. The Balaban J connectivity index is 2.18. The molecule has 2 fully saturated rings. The second kappa shape index (κ2) is 6.28. The summed E-state index contributed by atoms with van der Waals surface area (Å²) < 4.78 is 0. The largest absolute Gasteiger partial charge is 0.481 e. The van der Waals surface area contributed by atoms with Crippen molar-refractivity contribution in [2.45, 2.75) is 78.1 Å². The molecule has 0 aromatic heterocycles. The first-order valence-electron chi connectivity index (χ1n) is 8.27. The highest BCUT2D eigenvalue weighted by molar-refractivity contribution is 5.74. The van der Waals surface area contributed by atoms with Gasteiger partial charge in [-0.2, -0.15) is 0 Å². The quantitative estimate of drug-likeness (QED) is 0.788. The van der Waals surface area contributed by atoms with Gasteiger partial charge in [0.15, 0.2) is 0 Å². The van der Waals surface area contributed by atoms with Crippen LogP contribution in [0.5, 0.6) is 0 Å². The van der Waals surface area contributed by atoms with Crippen molar-refractivity contribution in [2.24, 2.45) is 23.2 Å². The van der Waals surface area contributed by atoms with E-state index in [-0.39, 0.29) is 0 Å². The van der Waals surface area contributed by atoms with Crippen LogP contribution >= 0.6 is 0 Å². The van der Waals surface area contributed by atoms with Crippen LogP contribution in [0, 0.1) is 23.2 Å². The molecular weight excluding hydrogens is 236 g/mol. The Kier molecular flexibility index (Phi) is 4.92. The van der Waals surface area contributed by atoms with Crippen molar-refractivity contribution in [3.63, 3.8) is 0 Å². The molecule has 0 heterocycles. The second-order valence-corrected chi connectivity index (χ2v) is 7.35. The number of carboxylic acid groups (broad SMARTS) is 1. The average molecular weight is 266 g/mol. The molecule has 0 saturated heterocycles. The molecule has 1 N–H and O–H groups in total. The van der Waals surface area contributed by atoms with Gasteiger partial charge in [0, 0.05) is 0 Å². The molecule has 2 nitrogen and oxygen atoms in total. The number of carbonyl (C=O) groups is 1. The Morgan fingerprint density at radius 1 is 0.895 bits per heavy atom. The molecule has 0 spiro atoms. The molecule has 0 radical (unpaired) electrons. The van der Waals surface area contributed by atoms with Crippen LogP contribution in [0.25, 0.3) is 0 Å². The Morgan fingerprint density at radius 2 is 1.26 bits per heavy atom.